The summed E-state index contributed by atoms with van der Waals surface area (Å²) in [5.74, 6) is -0.178. The van der Waals surface area contributed by atoms with Gasteiger partial charge in [0, 0.05) is 37.0 Å². The number of hydrogen-bond donors (Lipinski definition) is 1. The Morgan fingerprint density at radius 1 is 1.07 bits per heavy atom. The molecule has 0 saturated carbocycles. The topological polar surface area (TPSA) is 58.1 Å². The Bertz CT molecular complexity index is 990. The first-order valence-corrected chi connectivity index (χ1v) is 8.35. The first-order chi connectivity index (χ1) is 13.3. The predicted molar refractivity (Wildman–Crippen MR) is 101 cm³/mol. The van der Waals surface area contributed by atoms with Crippen molar-refractivity contribution in [1.82, 2.24) is 9.97 Å². The predicted octanol–water partition coefficient (Wildman–Crippen LogP) is 4.82. The maximum absolute atomic E-state index is 13.0. The molecule has 0 saturated heterocycles. The van der Waals surface area contributed by atoms with Crippen molar-refractivity contribution in [3.05, 3.63) is 77.7 Å². The van der Waals surface area contributed by atoms with Gasteiger partial charge < -0.3 is 10.2 Å². The van der Waals surface area contributed by atoms with Crippen LogP contribution in [-0.2, 0) is 6.18 Å². The van der Waals surface area contributed by atoms with Crippen LogP contribution in [0.25, 0.3) is 0 Å². The first-order valence-electron chi connectivity index (χ1n) is 8.35. The fraction of sp³-hybridized carbons (Fsp3) is 0.150. The molecule has 1 aromatic carbocycles. The minimum absolute atomic E-state index is 0.0983. The number of nitrogens with one attached hydrogen (secondary N) is 1. The van der Waals surface area contributed by atoms with Crippen LogP contribution < -0.4 is 10.2 Å². The van der Waals surface area contributed by atoms with Crippen LogP contribution in [0.4, 0.5) is 30.4 Å². The van der Waals surface area contributed by atoms with E-state index in [4.69, 9.17) is 0 Å². The number of aryl methyl sites for hydroxylation is 1. The summed E-state index contributed by atoms with van der Waals surface area (Å²) in [6, 6.07) is 9.91. The largest absolute Gasteiger partial charge is 0.416 e. The number of halogens is 3. The van der Waals surface area contributed by atoms with Gasteiger partial charge in [-0.3, -0.25) is 9.78 Å². The van der Waals surface area contributed by atoms with E-state index in [-0.39, 0.29) is 11.3 Å². The highest BCUT2D eigenvalue weighted by Gasteiger charge is 2.31. The van der Waals surface area contributed by atoms with Gasteiger partial charge in [0.1, 0.15) is 5.82 Å². The van der Waals surface area contributed by atoms with Gasteiger partial charge in [0.2, 0.25) is 0 Å². The molecule has 0 unspecified atom stereocenters. The Labute approximate surface area is 159 Å². The summed E-state index contributed by atoms with van der Waals surface area (Å²) in [5, 5.41) is 2.57. The first kappa shape index (κ1) is 19.3. The van der Waals surface area contributed by atoms with Gasteiger partial charge in [-0.2, -0.15) is 13.2 Å². The molecule has 0 aliphatic rings. The second-order valence-electron chi connectivity index (χ2n) is 6.12. The highest BCUT2D eigenvalue weighted by Crippen LogP contribution is 2.32. The molecule has 5 nitrogen and oxygen atoms in total. The van der Waals surface area contributed by atoms with E-state index in [1.807, 2.05) is 0 Å². The third kappa shape index (κ3) is 4.11. The second-order valence-corrected chi connectivity index (χ2v) is 6.12. The van der Waals surface area contributed by atoms with Crippen molar-refractivity contribution in [2.24, 2.45) is 0 Å². The quantitative estimate of drug-likeness (QED) is 0.698. The van der Waals surface area contributed by atoms with Gasteiger partial charge in [0.25, 0.3) is 5.91 Å². The van der Waals surface area contributed by atoms with E-state index in [0.29, 0.717) is 11.4 Å². The number of benzene rings is 1. The molecular formula is C20H17F3N4O. The Hall–Kier alpha value is -3.42. The third-order valence-electron chi connectivity index (χ3n) is 4.21. The molecule has 8 heteroatoms. The maximum atomic E-state index is 13.0. The molecule has 3 aromatic rings. The molecule has 0 fully saturated rings. The molecule has 144 valence electrons. The van der Waals surface area contributed by atoms with E-state index < -0.39 is 17.6 Å². The molecule has 2 heterocycles. The number of rotatable bonds is 4. The number of pyridine rings is 2. The lowest BCUT2D eigenvalue weighted by molar-refractivity contribution is -0.137. The van der Waals surface area contributed by atoms with Gasteiger partial charge in [-0.25, -0.2) is 4.98 Å². The Kier molecular flexibility index (Phi) is 5.30. The maximum Gasteiger partial charge on any atom is 0.416 e. The molecule has 0 aliphatic carbocycles. The summed E-state index contributed by atoms with van der Waals surface area (Å²) in [6.45, 7) is 1.63. The third-order valence-corrected chi connectivity index (χ3v) is 4.21. The summed E-state index contributed by atoms with van der Waals surface area (Å²) in [4.78, 5) is 22.7. The Morgan fingerprint density at radius 2 is 1.79 bits per heavy atom. The van der Waals surface area contributed by atoms with Crippen molar-refractivity contribution in [2.75, 3.05) is 17.3 Å². The average Bonchev–Trinajstić information content (AvgIpc) is 2.69. The molecule has 0 spiro atoms. The zero-order chi connectivity index (χ0) is 20.3. The molecule has 0 aliphatic heterocycles. The van der Waals surface area contributed by atoms with Crippen molar-refractivity contribution >= 4 is 23.1 Å². The number of alkyl halides is 3. The monoisotopic (exact) mass is 386 g/mol. The number of nitrogens with zero attached hydrogens (tertiary/aromatic N) is 3. The van der Waals surface area contributed by atoms with Crippen LogP contribution in [0, 0.1) is 6.92 Å². The molecule has 0 radical (unpaired) electrons. The number of carbonyl (C=O) groups is 1. The highest BCUT2D eigenvalue weighted by molar-refractivity contribution is 6.08. The zero-order valence-corrected chi connectivity index (χ0v) is 15.2. The average molecular weight is 386 g/mol. The van der Waals surface area contributed by atoms with Crippen molar-refractivity contribution in [3.63, 3.8) is 0 Å². The van der Waals surface area contributed by atoms with Gasteiger partial charge in [-0.05, 0) is 48.9 Å². The lowest BCUT2D eigenvalue weighted by Gasteiger charge is -2.21. The number of anilines is 3. The van der Waals surface area contributed by atoms with Gasteiger partial charge in [0.05, 0.1) is 11.1 Å². The Balaban J connectivity index is 1.93. The number of aromatic nitrogens is 2. The van der Waals surface area contributed by atoms with Crippen LogP contribution in [0.15, 0.2) is 61.1 Å². The molecule has 0 atom stereocenters. The van der Waals surface area contributed by atoms with Crippen LogP contribution in [0.2, 0.25) is 0 Å². The van der Waals surface area contributed by atoms with Gasteiger partial charge >= 0.3 is 6.18 Å². The minimum atomic E-state index is -4.49. The van der Waals surface area contributed by atoms with Crippen molar-refractivity contribution in [2.45, 2.75) is 13.1 Å². The van der Waals surface area contributed by atoms with E-state index in [1.165, 1.54) is 6.07 Å². The summed E-state index contributed by atoms with van der Waals surface area (Å²) in [7, 11) is 1.74. The fourth-order valence-corrected chi connectivity index (χ4v) is 2.65. The molecule has 0 bridgehead atoms. The minimum Gasteiger partial charge on any atom is -0.329 e. The van der Waals surface area contributed by atoms with Crippen LogP contribution in [0.3, 0.4) is 0 Å². The molecule has 28 heavy (non-hydrogen) atoms. The lowest BCUT2D eigenvalue weighted by Crippen LogP contribution is -2.20. The van der Waals surface area contributed by atoms with Crippen molar-refractivity contribution < 1.29 is 18.0 Å². The van der Waals surface area contributed by atoms with Gasteiger partial charge in [0.15, 0.2) is 0 Å². The highest BCUT2D eigenvalue weighted by atomic mass is 19.4. The summed E-state index contributed by atoms with van der Waals surface area (Å²) in [6.07, 6.45) is 0.272. The van der Waals surface area contributed by atoms with Gasteiger partial charge in [-0.1, -0.05) is 6.07 Å². The van der Waals surface area contributed by atoms with Crippen LogP contribution in [0.1, 0.15) is 21.5 Å². The van der Waals surface area contributed by atoms with E-state index in [9.17, 15) is 18.0 Å². The second kappa shape index (κ2) is 7.67. The smallest absolute Gasteiger partial charge is 0.329 e. The number of hydrogen-bond acceptors (Lipinski definition) is 4. The van der Waals surface area contributed by atoms with Gasteiger partial charge in [-0.15, -0.1) is 0 Å². The van der Waals surface area contributed by atoms with Crippen LogP contribution >= 0.6 is 0 Å². The molecule has 1 N–H and O–H groups in total. The van der Waals surface area contributed by atoms with Crippen LogP contribution in [0.5, 0.6) is 0 Å². The summed E-state index contributed by atoms with van der Waals surface area (Å²) in [5.41, 5.74) is 0.792. The van der Waals surface area contributed by atoms with Crippen LogP contribution in [-0.4, -0.2) is 22.9 Å². The zero-order valence-electron chi connectivity index (χ0n) is 15.2. The van der Waals surface area contributed by atoms with E-state index >= 15 is 0 Å². The molecule has 2 aromatic heterocycles. The van der Waals surface area contributed by atoms with E-state index in [2.05, 4.69) is 15.3 Å². The molecule has 1 amide bonds. The molecule has 3 rings (SSSR count). The summed E-state index contributed by atoms with van der Waals surface area (Å²) >= 11 is 0. The van der Waals surface area contributed by atoms with Crippen molar-refractivity contribution in [3.8, 4) is 0 Å². The Morgan fingerprint density at radius 3 is 2.46 bits per heavy atom. The standard InChI is InChI=1S/C20H17F3N4O/c1-13-5-6-14(20(21,22)23)12-17(13)26-19(28)16-4-3-9-25-18(16)27(2)15-7-10-24-11-8-15/h3-12H,1-2H3,(H,26,28). The van der Waals surface area contributed by atoms with Crippen molar-refractivity contribution in [1.29, 1.82) is 0 Å². The fourth-order valence-electron chi connectivity index (χ4n) is 2.65. The summed E-state index contributed by atoms with van der Waals surface area (Å²) < 4.78 is 38.9. The number of amides is 1. The van der Waals surface area contributed by atoms with E-state index in [1.54, 1.807) is 61.7 Å². The lowest BCUT2D eigenvalue weighted by atomic mass is 10.1. The van der Waals surface area contributed by atoms with E-state index in [0.717, 1.165) is 17.8 Å². The molecular weight excluding hydrogens is 369 g/mol. The number of carbonyl (C=O) groups excluding carboxylic acids is 1. The normalized spacial score (nSPS) is 11.2. The SMILES string of the molecule is Cc1ccc(C(F)(F)F)cc1NC(=O)c1cccnc1N(C)c1ccncc1.